The van der Waals surface area contributed by atoms with Crippen molar-refractivity contribution in [2.24, 2.45) is 22.4 Å². The van der Waals surface area contributed by atoms with Gasteiger partial charge in [-0.15, -0.1) is 0 Å². The topological polar surface area (TPSA) is 86.5 Å². The molecule has 0 radical (unpaired) electrons. The van der Waals surface area contributed by atoms with Gasteiger partial charge in [-0.2, -0.15) is 0 Å². The number of ketones is 1. The molecule has 6 heteroatoms. The number of rotatable bonds is 2. The van der Waals surface area contributed by atoms with E-state index in [1.165, 1.54) is 12.7 Å². The fraction of sp³-hybridized carbons (Fsp3) is 0.632. The van der Waals surface area contributed by atoms with Gasteiger partial charge in [-0.25, -0.2) is 13.6 Å². The number of primary sulfonamides is 1. The van der Waals surface area contributed by atoms with E-state index in [-0.39, 0.29) is 10.3 Å². The Bertz CT molecular complexity index is 847. The number of nitrogens with two attached hydrogens (primary N) is 1. The average Bonchev–Trinajstić information content (AvgIpc) is 2.88. The van der Waals surface area contributed by atoms with Crippen LogP contribution in [-0.4, -0.2) is 21.3 Å². The maximum Gasteiger partial charge on any atom is 0.241 e. The molecule has 0 amide bonds. The number of hydrogen-bond donors (Lipinski definition) is 1. The number of benzene rings is 1. The van der Waals surface area contributed by atoms with Crippen LogP contribution >= 0.6 is 0 Å². The monoisotopic (exact) mass is 363 g/mol. The SMILES string of the molecule is COc1cc2c(cc1S(N)(=O)=O)CC[C@@H]1[C@@H]2CC[C@]2(C)C(=O)CC[C@@H]12. The highest BCUT2D eigenvalue weighted by atomic mass is 32.2. The highest BCUT2D eigenvalue weighted by Gasteiger charge is 2.54. The summed E-state index contributed by atoms with van der Waals surface area (Å²) in [4.78, 5) is 12.5. The molecule has 2 fully saturated rings. The first-order valence-corrected chi connectivity index (χ1v) is 10.6. The Morgan fingerprint density at radius 3 is 2.64 bits per heavy atom. The molecule has 2 N–H and O–H groups in total. The minimum absolute atomic E-state index is 0.0730. The van der Waals surface area contributed by atoms with Crippen molar-refractivity contribution in [3.63, 3.8) is 0 Å². The van der Waals surface area contributed by atoms with Crippen LogP contribution in [0, 0.1) is 17.3 Å². The molecule has 0 aliphatic heterocycles. The Morgan fingerprint density at radius 1 is 1.20 bits per heavy atom. The lowest BCUT2D eigenvalue weighted by Gasteiger charge is -2.48. The summed E-state index contributed by atoms with van der Waals surface area (Å²) in [5.41, 5.74) is 2.12. The smallest absolute Gasteiger partial charge is 0.241 e. The third kappa shape index (κ3) is 2.45. The molecule has 1 aromatic rings. The molecule has 0 spiro atoms. The van der Waals surface area contributed by atoms with Crippen molar-refractivity contribution in [3.05, 3.63) is 23.3 Å². The quantitative estimate of drug-likeness (QED) is 0.875. The molecule has 5 nitrogen and oxygen atoms in total. The number of sulfonamides is 1. The number of hydrogen-bond acceptors (Lipinski definition) is 4. The predicted molar refractivity (Wildman–Crippen MR) is 94.0 cm³/mol. The van der Waals surface area contributed by atoms with E-state index in [1.807, 2.05) is 6.07 Å². The molecular weight excluding hydrogens is 338 g/mol. The van der Waals surface area contributed by atoms with Crippen LogP contribution < -0.4 is 9.88 Å². The third-order valence-corrected chi connectivity index (χ3v) is 7.96. The molecule has 0 unspecified atom stereocenters. The molecule has 0 heterocycles. The number of fused-ring (bicyclic) bond motifs is 5. The predicted octanol–water partition coefficient (Wildman–Crippen LogP) is 2.77. The summed E-state index contributed by atoms with van der Waals surface area (Å²) >= 11 is 0. The van der Waals surface area contributed by atoms with Crippen molar-refractivity contribution >= 4 is 15.8 Å². The maximum absolute atomic E-state index is 12.4. The van der Waals surface area contributed by atoms with Crippen molar-refractivity contribution in [1.82, 2.24) is 0 Å². The van der Waals surface area contributed by atoms with Gasteiger partial charge in [0.05, 0.1) is 7.11 Å². The van der Waals surface area contributed by atoms with Crippen LogP contribution in [0.15, 0.2) is 17.0 Å². The fourth-order valence-corrected chi connectivity index (χ4v) is 6.46. The van der Waals surface area contributed by atoms with E-state index in [9.17, 15) is 13.2 Å². The van der Waals surface area contributed by atoms with Gasteiger partial charge in [0.15, 0.2) is 0 Å². The molecule has 25 heavy (non-hydrogen) atoms. The molecule has 2 saturated carbocycles. The number of methoxy groups -OCH3 is 1. The van der Waals surface area contributed by atoms with E-state index in [2.05, 4.69) is 6.92 Å². The molecule has 0 aromatic heterocycles. The van der Waals surface area contributed by atoms with Crippen molar-refractivity contribution < 1.29 is 17.9 Å². The molecule has 0 saturated heterocycles. The first-order chi connectivity index (χ1) is 11.8. The van der Waals surface area contributed by atoms with Gasteiger partial charge in [0.25, 0.3) is 0 Å². The second-order valence-electron chi connectivity index (χ2n) is 8.08. The lowest BCUT2D eigenvalue weighted by molar-refractivity contribution is -0.129. The Hall–Kier alpha value is -1.40. The maximum atomic E-state index is 12.4. The largest absolute Gasteiger partial charge is 0.495 e. The molecule has 4 rings (SSSR count). The van der Waals surface area contributed by atoms with Crippen LogP contribution in [0.4, 0.5) is 0 Å². The summed E-state index contributed by atoms with van der Waals surface area (Å²) in [5.74, 6) is 2.11. The van der Waals surface area contributed by atoms with Crippen LogP contribution in [0.25, 0.3) is 0 Å². The summed E-state index contributed by atoms with van der Waals surface area (Å²) in [6.07, 6.45) is 5.47. The zero-order valence-electron chi connectivity index (χ0n) is 14.7. The number of carbonyl (C=O) groups is 1. The Kier molecular flexibility index (Phi) is 3.78. The summed E-state index contributed by atoms with van der Waals surface area (Å²) in [5, 5.41) is 5.36. The number of aryl methyl sites for hydroxylation is 1. The van der Waals surface area contributed by atoms with Crippen molar-refractivity contribution in [1.29, 1.82) is 0 Å². The molecule has 0 bridgehead atoms. The van der Waals surface area contributed by atoms with Crippen molar-refractivity contribution in [2.45, 2.75) is 56.3 Å². The number of Topliss-reactive ketones (excluding diaryl/α,β-unsaturated/α-hetero) is 1. The van der Waals surface area contributed by atoms with Gasteiger partial charge in [-0.1, -0.05) is 6.92 Å². The molecule has 136 valence electrons. The molecular formula is C19H25NO4S. The van der Waals surface area contributed by atoms with Gasteiger partial charge in [-0.05, 0) is 73.1 Å². The second kappa shape index (κ2) is 5.55. The van der Waals surface area contributed by atoms with Gasteiger partial charge >= 0.3 is 0 Å². The summed E-state index contributed by atoms with van der Waals surface area (Å²) in [6.45, 7) is 2.16. The van der Waals surface area contributed by atoms with E-state index in [4.69, 9.17) is 9.88 Å². The van der Waals surface area contributed by atoms with Crippen LogP contribution in [0.3, 0.4) is 0 Å². The molecule has 1 aromatic carbocycles. The molecule has 3 aliphatic carbocycles. The number of carbonyl (C=O) groups excluding carboxylic acids is 1. The minimum Gasteiger partial charge on any atom is -0.495 e. The van der Waals surface area contributed by atoms with Crippen LogP contribution in [0.2, 0.25) is 0 Å². The highest BCUT2D eigenvalue weighted by molar-refractivity contribution is 7.89. The number of ether oxygens (including phenoxy) is 1. The summed E-state index contributed by atoms with van der Waals surface area (Å²) < 4.78 is 29.1. The lowest BCUT2D eigenvalue weighted by atomic mass is 9.55. The second-order valence-corrected chi connectivity index (χ2v) is 9.61. The zero-order valence-corrected chi connectivity index (χ0v) is 15.6. The summed E-state index contributed by atoms with van der Waals surface area (Å²) in [6, 6.07) is 3.58. The van der Waals surface area contributed by atoms with E-state index in [1.54, 1.807) is 6.07 Å². The highest BCUT2D eigenvalue weighted by Crippen LogP contribution is 2.59. The van der Waals surface area contributed by atoms with E-state index in [0.717, 1.165) is 37.7 Å². The van der Waals surface area contributed by atoms with Gasteiger partial charge in [0.2, 0.25) is 10.0 Å². The van der Waals surface area contributed by atoms with Crippen molar-refractivity contribution in [3.8, 4) is 5.75 Å². The van der Waals surface area contributed by atoms with Crippen molar-refractivity contribution in [2.75, 3.05) is 7.11 Å². The zero-order chi connectivity index (χ0) is 18.0. The van der Waals surface area contributed by atoms with Gasteiger partial charge in [0, 0.05) is 11.8 Å². The normalized spacial score (nSPS) is 34.2. The van der Waals surface area contributed by atoms with E-state index < -0.39 is 10.0 Å². The van der Waals surface area contributed by atoms with Gasteiger partial charge in [-0.3, -0.25) is 4.79 Å². The minimum atomic E-state index is -3.81. The standard InChI is InChI=1S/C19H25NO4S/c1-19-8-7-12-13(15(19)5-6-18(19)21)4-3-11-9-17(25(20,22)23)16(24-2)10-14(11)12/h9-10,12-13,15H,3-8H2,1-2H3,(H2,20,22,23)/t12-,13+,15-,19-/m0/s1. The van der Waals surface area contributed by atoms with E-state index in [0.29, 0.717) is 35.7 Å². The van der Waals surface area contributed by atoms with Gasteiger partial charge in [0.1, 0.15) is 16.4 Å². The van der Waals surface area contributed by atoms with Crippen LogP contribution in [-0.2, 0) is 21.2 Å². The Balaban J connectivity index is 1.77. The first-order valence-electron chi connectivity index (χ1n) is 9.02. The fourth-order valence-electron chi connectivity index (χ4n) is 5.73. The molecule has 3 aliphatic rings. The Morgan fingerprint density at radius 2 is 1.96 bits per heavy atom. The Labute approximate surface area is 149 Å². The third-order valence-electron chi connectivity index (χ3n) is 7.02. The van der Waals surface area contributed by atoms with Gasteiger partial charge < -0.3 is 4.74 Å². The average molecular weight is 363 g/mol. The van der Waals surface area contributed by atoms with E-state index >= 15 is 0 Å². The lowest BCUT2D eigenvalue weighted by Crippen LogP contribution is -2.42. The van der Waals surface area contributed by atoms with Crippen LogP contribution in [0.5, 0.6) is 5.75 Å². The summed E-state index contributed by atoms with van der Waals surface area (Å²) in [7, 11) is -2.33. The first kappa shape index (κ1) is 17.0. The molecule has 4 atom stereocenters. The van der Waals surface area contributed by atoms with Crippen LogP contribution in [0.1, 0.15) is 56.1 Å².